The number of amides is 1. The Bertz CT molecular complexity index is 1170. The third-order valence-corrected chi connectivity index (χ3v) is 6.77. The van der Waals surface area contributed by atoms with E-state index in [1.165, 1.54) is 5.56 Å². The summed E-state index contributed by atoms with van der Waals surface area (Å²) < 4.78 is 0. The minimum Gasteiger partial charge on any atom is -0.365 e. The van der Waals surface area contributed by atoms with Crippen LogP contribution in [0, 0.1) is 16.0 Å². The number of nitro benzene ring substituents is 1. The average Bonchev–Trinajstić information content (AvgIpc) is 2.87. The van der Waals surface area contributed by atoms with Crippen LogP contribution in [0.25, 0.3) is 0 Å². The van der Waals surface area contributed by atoms with E-state index in [1.807, 2.05) is 36.4 Å². The van der Waals surface area contributed by atoms with Crippen LogP contribution >= 0.6 is 0 Å². The largest absolute Gasteiger partial charge is 0.365 e. The fraction of sp³-hybridized carbons (Fsp3) is 0.308. The van der Waals surface area contributed by atoms with E-state index in [0.717, 1.165) is 43.0 Å². The highest BCUT2D eigenvalue weighted by molar-refractivity contribution is 5.82. The van der Waals surface area contributed by atoms with Crippen molar-refractivity contribution in [3.8, 4) is 0 Å². The zero-order valence-electron chi connectivity index (χ0n) is 18.8. The summed E-state index contributed by atoms with van der Waals surface area (Å²) in [5.74, 6) is -0.331. The Morgan fingerprint density at radius 2 is 1.91 bits per heavy atom. The molecule has 34 heavy (non-hydrogen) atoms. The number of non-ortho nitro benzene ring substituents is 1. The van der Waals surface area contributed by atoms with Crippen molar-refractivity contribution < 1.29 is 9.72 Å². The van der Waals surface area contributed by atoms with Gasteiger partial charge in [-0.25, -0.2) is 0 Å². The molecule has 0 unspecified atom stereocenters. The van der Waals surface area contributed by atoms with Gasteiger partial charge in [-0.1, -0.05) is 36.4 Å². The molecule has 0 saturated carbocycles. The molecule has 0 bridgehead atoms. The van der Waals surface area contributed by atoms with E-state index in [2.05, 4.69) is 32.2 Å². The van der Waals surface area contributed by atoms with Gasteiger partial charge in [0.15, 0.2) is 0 Å². The highest BCUT2D eigenvalue weighted by Gasteiger charge is 2.41. The lowest BCUT2D eigenvalue weighted by molar-refractivity contribution is -0.384. The number of nitrogens with one attached hydrogen (secondary N) is 1. The molecule has 5 rings (SSSR count). The van der Waals surface area contributed by atoms with Crippen molar-refractivity contribution in [2.75, 3.05) is 24.5 Å². The van der Waals surface area contributed by atoms with Gasteiger partial charge >= 0.3 is 0 Å². The molecule has 1 amide bonds. The second kappa shape index (κ2) is 9.61. The van der Waals surface area contributed by atoms with Gasteiger partial charge in [0.05, 0.1) is 16.9 Å². The van der Waals surface area contributed by atoms with Crippen LogP contribution in [-0.2, 0) is 24.3 Å². The normalized spacial score (nSPS) is 19.7. The molecule has 0 radical (unpaired) electrons. The maximum atomic E-state index is 13.4. The molecule has 1 fully saturated rings. The number of rotatable bonds is 6. The number of carbonyl (C=O) groups excluding carboxylic acids is 1. The van der Waals surface area contributed by atoms with Gasteiger partial charge in [0, 0.05) is 62.9 Å². The van der Waals surface area contributed by atoms with Gasteiger partial charge in [0.2, 0.25) is 5.91 Å². The summed E-state index contributed by atoms with van der Waals surface area (Å²) in [5, 5.41) is 14.4. The van der Waals surface area contributed by atoms with E-state index in [0.29, 0.717) is 13.0 Å². The van der Waals surface area contributed by atoms with Gasteiger partial charge in [-0.2, -0.15) is 0 Å². The van der Waals surface area contributed by atoms with Crippen molar-refractivity contribution in [3.05, 3.63) is 99.9 Å². The second-order valence-corrected chi connectivity index (χ2v) is 8.94. The van der Waals surface area contributed by atoms with E-state index >= 15 is 0 Å². The Morgan fingerprint density at radius 3 is 2.68 bits per heavy atom. The molecule has 2 aliphatic rings. The van der Waals surface area contributed by atoms with Crippen molar-refractivity contribution in [1.82, 2.24) is 15.2 Å². The molecule has 174 valence electrons. The molecule has 2 atom stereocenters. The molecule has 2 aliphatic heterocycles. The van der Waals surface area contributed by atoms with Crippen LogP contribution in [0.2, 0.25) is 0 Å². The molecular formula is C26H27N5O3. The van der Waals surface area contributed by atoms with Crippen LogP contribution in [0.5, 0.6) is 0 Å². The summed E-state index contributed by atoms with van der Waals surface area (Å²) in [6, 6.07) is 19.2. The monoisotopic (exact) mass is 457 g/mol. The molecule has 3 heterocycles. The summed E-state index contributed by atoms with van der Waals surface area (Å²) in [7, 11) is 0. The van der Waals surface area contributed by atoms with Crippen LogP contribution in [0.1, 0.15) is 16.7 Å². The Hall–Kier alpha value is -3.78. The molecule has 1 saturated heterocycles. The first kappa shape index (κ1) is 22.0. The van der Waals surface area contributed by atoms with Crippen molar-refractivity contribution in [2.24, 2.45) is 5.92 Å². The molecule has 8 nitrogen and oxygen atoms in total. The first-order chi connectivity index (χ1) is 16.6. The van der Waals surface area contributed by atoms with Crippen molar-refractivity contribution in [1.29, 1.82) is 0 Å². The van der Waals surface area contributed by atoms with E-state index < -0.39 is 0 Å². The average molecular weight is 458 g/mol. The molecule has 3 aromatic rings. The van der Waals surface area contributed by atoms with Gasteiger partial charge in [-0.3, -0.25) is 24.8 Å². The minimum atomic E-state index is -0.373. The summed E-state index contributed by atoms with van der Waals surface area (Å²) in [6.45, 7) is 3.64. The predicted octanol–water partition coefficient (Wildman–Crippen LogP) is 3.17. The Morgan fingerprint density at radius 1 is 1.09 bits per heavy atom. The van der Waals surface area contributed by atoms with E-state index in [9.17, 15) is 14.9 Å². The number of anilines is 1. The summed E-state index contributed by atoms with van der Waals surface area (Å²) in [5.41, 5.74) is 4.12. The summed E-state index contributed by atoms with van der Waals surface area (Å²) >= 11 is 0. The lowest BCUT2D eigenvalue weighted by Crippen LogP contribution is -2.60. The van der Waals surface area contributed by atoms with Crippen molar-refractivity contribution >= 4 is 17.3 Å². The smallest absolute Gasteiger partial charge is 0.269 e. The maximum absolute atomic E-state index is 13.4. The van der Waals surface area contributed by atoms with E-state index in [4.69, 9.17) is 0 Å². The summed E-state index contributed by atoms with van der Waals surface area (Å²) in [6.07, 6.45) is 3.93. The number of hydrogen-bond donors (Lipinski definition) is 1. The van der Waals surface area contributed by atoms with Crippen molar-refractivity contribution in [3.63, 3.8) is 0 Å². The van der Waals surface area contributed by atoms with Gasteiger partial charge in [-0.05, 0) is 35.2 Å². The van der Waals surface area contributed by atoms with Gasteiger partial charge < -0.3 is 10.2 Å². The van der Waals surface area contributed by atoms with Gasteiger partial charge in [0.25, 0.3) is 5.69 Å². The highest BCUT2D eigenvalue weighted by Crippen LogP contribution is 2.38. The zero-order chi connectivity index (χ0) is 23.5. The lowest BCUT2D eigenvalue weighted by atomic mass is 9.83. The number of piperazine rings is 1. The molecule has 1 N–H and O–H groups in total. The Kier molecular flexibility index (Phi) is 6.22. The third kappa shape index (κ3) is 4.63. The predicted molar refractivity (Wildman–Crippen MR) is 129 cm³/mol. The first-order valence-corrected chi connectivity index (χ1v) is 11.6. The Labute approximate surface area is 198 Å². The fourth-order valence-corrected chi connectivity index (χ4v) is 5.09. The number of hydrogen-bond acceptors (Lipinski definition) is 6. The molecule has 1 aromatic heterocycles. The van der Waals surface area contributed by atoms with Crippen LogP contribution in [0.15, 0.2) is 73.1 Å². The number of fused-ring (bicyclic) bond motifs is 3. The number of nitro groups is 1. The SMILES string of the molecule is O=C(NCc1cccnc1)[C@H]1Cc2cc([N+](=O)[O-])ccc2N2CCN(Cc3ccccc3)C[C@@H]12. The van der Waals surface area contributed by atoms with Crippen LogP contribution in [0.3, 0.4) is 0 Å². The molecular weight excluding hydrogens is 430 g/mol. The van der Waals surface area contributed by atoms with Crippen LogP contribution in [0.4, 0.5) is 11.4 Å². The summed E-state index contributed by atoms with van der Waals surface area (Å²) in [4.78, 5) is 33.2. The number of carbonyl (C=O) groups is 1. The number of aromatic nitrogens is 1. The molecule has 0 aliphatic carbocycles. The van der Waals surface area contributed by atoms with Crippen LogP contribution < -0.4 is 10.2 Å². The standard InChI is InChI=1S/C26H27N5O3/c32-26(28-16-20-7-4-10-27-15-20)23-14-21-13-22(31(33)34)8-9-24(21)30-12-11-29(18-25(23)30)17-19-5-2-1-3-6-19/h1-10,13,15,23,25H,11-12,14,16-18H2,(H,28,32)/t23-,25-/m0/s1. The topological polar surface area (TPSA) is 91.6 Å². The molecule has 0 spiro atoms. The fourth-order valence-electron chi connectivity index (χ4n) is 5.09. The molecule has 2 aromatic carbocycles. The third-order valence-electron chi connectivity index (χ3n) is 6.77. The minimum absolute atomic E-state index is 0.000293. The first-order valence-electron chi connectivity index (χ1n) is 11.6. The quantitative estimate of drug-likeness (QED) is 0.452. The zero-order valence-corrected chi connectivity index (χ0v) is 18.8. The van der Waals surface area contributed by atoms with Gasteiger partial charge in [-0.15, -0.1) is 0 Å². The Balaban J connectivity index is 1.39. The van der Waals surface area contributed by atoms with E-state index in [1.54, 1.807) is 24.5 Å². The van der Waals surface area contributed by atoms with Crippen molar-refractivity contribution in [2.45, 2.75) is 25.6 Å². The number of nitrogens with zero attached hydrogens (tertiary/aromatic N) is 4. The molecule has 8 heteroatoms. The van der Waals surface area contributed by atoms with Gasteiger partial charge in [0.1, 0.15) is 0 Å². The van der Waals surface area contributed by atoms with E-state index in [-0.39, 0.29) is 28.5 Å². The maximum Gasteiger partial charge on any atom is 0.269 e. The second-order valence-electron chi connectivity index (χ2n) is 8.94. The number of benzene rings is 2. The number of pyridine rings is 1. The van der Waals surface area contributed by atoms with Crippen LogP contribution in [-0.4, -0.2) is 46.4 Å². The highest BCUT2D eigenvalue weighted by atomic mass is 16.6. The lowest BCUT2D eigenvalue weighted by Gasteiger charge is -2.49.